The van der Waals surface area contributed by atoms with Crippen molar-refractivity contribution in [2.75, 3.05) is 6.61 Å². The molecule has 1 aliphatic heterocycles. The van der Waals surface area contributed by atoms with Crippen LogP contribution in [0.5, 0.6) is 5.75 Å². The average Bonchev–Trinajstić information content (AvgIpc) is 3.12. The zero-order valence-electron chi connectivity index (χ0n) is 21.4. The highest BCUT2D eigenvalue weighted by Gasteiger charge is 2.39. The van der Waals surface area contributed by atoms with Gasteiger partial charge >= 0.3 is 24.1 Å². The molecule has 13 nitrogen and oxygen atoms in total. The number of hydrogen-bond acceptors (Lipinski definition) is 12. The van der Waals surface area contributed by atoms with E-state index < -0.39 is 59.5 Å². The number of rotatable bonds is 8. The summed E-state index contributed by atoms with van der Waals surface area (Å²) in [6.45, 7) is 8.90. The first-order chi connectivity index (χ1) is 17.1. The van der Waals surface area contributed by atoms with Gasteiger partial charge in [-0.15, -0.1) is 0 Å². The molecule has 1 saturated heterocycles. The van der Waals surface area contributed by atoms with E-state index in [1.165, 1.54) is 45.0 Å². The van der Waals surface area contributed by atoms with Crippen LogP contribution in [-0.4, -0.2) is 47.4 Å². The van der Waals surface area contributed by atoms with Crippen LogP contribution >= 0.6 is 0 Å². The summed E-state index contributed by atoms with van der Waals surface area (Å²) in [6.07, 6.45) is -3.02. The van der Waals surface area contributed by atoms with E-state index in [9.17, 15) is 28.8 Å². The molecule has 1 fully saturated rings. The second-order valence-electron chi connectivity index (χ2n) is 10.1. The number of hydrogen-bond donors (Lipinski definition) is 1. The second kappa shape index (κ2) is 11.9. The minimum atomic E-state index is -1.50. The minimum Gasteiger partial charge on any atom is -0.425 e. The van der Waals surface area contributed by atoms with Gasteiger partial charge in [-0.2, -0.15) is 0 Å². The van der Waals surface area contributed by atoms with Crippen molar-refractivity contribution in [2.24, 2.45) is 10.8 Å². The largest absolute Gasteiger partial charge is 0.518 e. The maximum Gasteiger partial charge on any atom is 0.518 e. The number of amides is 2. The van der Waals surface area contributed by atoms with Crippen molar-refractivity contribution in [3.63, 3.8) is 0 Å². The van der Waals surface area contributed by atoms with Crippen LogP contribution in [0.3, 0.4) is 0 Å². The Hall–Kier alpha value is -3.84. The predicted molar refractivity (Wildman–Crippen MR) is 123 cm³/mol. The van der Waals surface area contributed by atoms with Crippen molar-refractivity contribution in [3.05, 3.63) is 29.8 Å². The fraction of sp³-hybridized carbons (Fsp3) is 0.500. The average molecular weight is 523 g/mol. The van der Waals surface area contributed by atoms with E-state index in [2.05, 4.69) is 9.57 Å². The highest BCUT2D eigenvalue weighted by Crippen LogP contribution is 2.30. The molecule has 1 aromatic carbocycles. The van der Waals surface area contributed by atoms with Crippen molar-refractivity contribution >= 4 is 35.9 Å². The third-order valence-electron chi connectivity index (χ3n) is 4.71. The predicted octanol–water partition coefficient (Wildman–Crippen LogP) is 2.49. The number of nitrogens with one attached hydrogen (secondary N) is 1. The van der Waals surface area contributed by atoms with Crippen LogP contribution in [0.25, 0.3) is 0 Å². The van der Waals surface area contributed by atoms with E-state index in [4.69, 9.17) is 14.3 Å². The van der Waals surface area contributed by atoms with Gasteiger partial charge < -0.3 is 19.0 Å². The number of carbonyl (C=O) groups excluding carboxylic acids is 6. The monoisotopic (exact) mass is 522 g/mol. The van der Waals surface area contributed by atoms with Crippen molar-refractivity contribution in [2.45, 2.75) is 60.6 Å². The lowest BCUT2D eigenvalue weighted by molar-refractivity contribution is -0.203. The van der Waals surface area contributed by atoms with Crippen LogP contribution in [0.4, 0.5) is 4.79 Å². The molecule has 0 saturated carbocycles. The molecule has 0 spiro atoms. The molecule has 2 rings (SSSR count). The quantitative estimate of drug-likeness (QED) is 0.133. The van der Waals surface area contributed by atoms with Crippen molar-refractivity contribution in [1.29, 1.82) is 0 Å². The van der Waals surface area contributed by atoms with Crippen molar-refractivity contribution in [3.8, 4) is 5.75 Å². The first-order valence-electron chi connectivity index (χ1n) is 11.3. The summed E-state index contributed by atoms with van der Waals surface area (Å²) in [5, 5.41) is 0. The van der Waals surface area contributed by atoms with Gasteiger partial charge in [-0.3, -0.25) is 19.2 Å². The lowest BCUT2D eigenvalue weighted by Gasteiger charge is -2.26. The lowest BCUT2D eigenvalue weighted by Crippen LogP contribution is -2.37. The van der Waals surface area contributed by atoms with Crippen LogP contribution < -0.4 is 10.4 Å². The van der Waals surface area contributed by atoms with E-state index in [0.717, 1.165) is 4.90 Å². The van der Waals surface area contributed by atoms with Gasteiger partial charge in [-0.1, -0.05) is 0 Å². The summed E-state index contributed by atoms with van der Waals surface area (Å²) in [6, 6.07) is 5.37. The topological polar surface area (TPSA) is 164 Å². The molecule has 1 N–H and O–H groups in total. The molecule has 2 amide bonds. The number of imide groups is 1. The molecule has 37 heavy (non-hydrogen) atoms. The zero-order chi connectivity index (χ0) is 28.0. The highest BCUT2D eigenvalue weighted by molar-refractivity contribution is 6.02. The normalized spacial score (nSPS) is 14.7. The Morgan fingerprint density at radius 2 is 1.43 bits per heavy atom. The summed E-state index contributed by atoms with van der Waals surface area (Å²) in [7, 11) is 0. The van der Waals surface area contributed by atoms with E-state index in [-0.39, 0.29) is 24.2 Å². The Balaban J connectivity index is 2.04. The lowest BCUT2D eigenvalue weighted by atomic mass is 9.98. The summed E-state index contributed by atoms with van der Waals surface area (Å²) < 4.78 is 15.0. The molecule has 0 aliphatic carbocycles. The molecule has 0 aromatic heterocycles. The number of carbonyl (C=O) groups is 6. The molecule has 202 valence electrons. The third-order valence-corrected chi connectivity index (χ3v) is 4.71. The molecule has 0 radical (unpaired) electrons. The summed E-state index contributed by atoms with van der Waals surface area (Å²) in [4.78, 5) is 82.5. The van der Waals surface area contributed by atoms with E-state index in [1.807, 2.05) is 5.64 Å². The smallest absolute Gasteiger partial charge is 0.425 e. The molecule has 1 aromatic rings. The Labute approximate surface area is 213 Å². The molecule has 13 heteroatoms. The van der Waals surface area contributed by atoms with Gasteiger partial charge in [0.15, 0.2) is 6.61 Å². The Morgan fingerprint density at radius 3 is 1.95 bits per heavy atom. The highest BCUT2D eigenvalue weighted by atomic mass is 16.9. The first-order valence-corrected chi connectivity index (χ1v) is 11.3. The number of benzene rings is 1. The molecule has 1 atom stereocenters. The Morgan fingerprint density at radius 1 is 0.892 bits per heavy atom. The van der Waals surface area contributed by atoms with Crippen LogP contribution in [-0.2, 0) is 43.1 Å². The van der Waals surface area contributed by atoms with Gasteiger partial charge in [0.05, 0.1) is 10.8 Å². The van der Waals surface area contributed by atoms with Crippen LogP contribution in [0.15, 0.2) is 24.3 Å². The van der Waals surface area contributed by atoms with Gasteiger partial charge in [-0.05, 0) is 71.5 Å². The number of ether oxygens (including phenoxy) is 3. The Bertz CT molecular complexity index is 1040. The Kier molecular flexibility index (Phi) is 9.48. The fourth-order valence-corrected chi connectivity index (χ4v) is 2.64. The van der Waals surface area contributed by atoms with Crippen LogP contribution in [0.1, 0.15) is 66.2 Å². The summed E-state index contributed by atoms with van der Waals surface area (Å²) in [5.74, 6) is -3.38. The fourth-order valence-electron chi connectivity index (χ4n) is 2.64. The molecule has 0 bridgehead atoms. The van der Waals surface area contributed by atoms with Gasteiger partial charge in [-0.25, -0.2) is 19.3 Å². The van der Waals surface area contributed by atoms with Crippen molar-refractivity contribution in [1.82, 2.24) is 10.5 Å². The molecule has 1 aliphatic rings. The van der Waals surface area contributed by atoms with Crippen LogP contribution in [0, 0.1) is 10.8 Å². The number of nitrogens with zero attached hydrogens (tertiary/aromatic N) is 1. The maximum atomic E-state index is 12.3. The third kappa shape index (κ3) is 8.65. The van der Waals surface area contributed by atoms with E-state index >= 15 is 0 Å². The van der Waals surface area contributed by atoms with Crippen molar-refractivity contribution < 1.29 is 52.7 Å². The molecular formula is C24H30N2O11. The first kappa shape index (κ1) is 29.4. The summed E-state index contributed by atoms with van der Waals surface area (Å²) in [5.41, 5.74) is 0.317. The number of esters is 2. The number of likely N-dealkylation sites (tertiary alicyclic amines) is 1. The maximum absolute atomic E-state index is 12.3. The minimum absolute atomic E-state index is 0.0624. The van der Waals surface area contributed by atoms with Gasteiger partial charge in [0.2, 0.25) is 18.0 Å². The second-order valence-corrected chi connectivity index (χ2v) is 10.1. The summed E-state index contributed by atoms with van der Waals surface area (Å²) >= 11 is 0. The van der Waals surface area contributed by atoms with Gasteiger partial charge in [0, 0.05) is 18.4 Å². The standard InChI is InChI=1S/C24H30N2O11/c1-23(2,3)20(30)36-22(32)35-19(26-16(27)11-12-17(26)28)14-7-9-15(10-8-14)34-18(29)13-33-25-37-21(31)24(4,5)6/h7-10,19,25H,11-13H2,1-6H3. The molecule has 1 heterocycles. The zero-order valence-corrected chi connectivity index (χ0v) is 21.4. The van der Waals surface area contributed by atoms with Gasteiger partial charge in [0.1, 0.15) is 5.75 Å². The molecular weight excluding hydrogens is 492 g/mol. The van der Waals surface area contributed by atoms with Crippen LogP contribution in [0.2, 0.25) is 0 Å². The molecule has 1 unspecified atom stereocenters. The van der Waals surface area contributed by atoms with Gasteiger partial charge in [0.25, 0.3) is 0 Å². The van der Waals surface area contributed by atoms with E-state index in [0.29, 0.717) is 0 Å². The van der Waals surface area contributed by atoms with E-state index in [1.54, 1.807) is 20.8 Å². The SMILES string of the molecule is CC(C)(C)C(=O)ONOCC(=O)Oc1ccc(C(OC(=O)OC(=O)C(C)(C)C)N2C(=O)CCC2=O)cc1.